The second-order valence-electron chi connectivity index (χ2n) is 7.17. The summed E-state index contributed by atoms with van der Waals surface area (Å²) in [6.45, 7) is 5.40. The standard InChI is InChI=1S/C17H33N3O2/c1-14(17(21)19(4)15-8-6-5-7-9-15)20-10-11-22-16(13-20)12-18(2)3/h14-16H,5-13H2,1-4H3. The van der Waals surface area contributed by atoms with Crippen LogP contribution in [0.2, 0.25) is 0 Å². The Morgan fingerprint density at radius 1 is 1.23 bits per heavy atom. The molecule has 0 spiro atoms. The summed E-state index contributed by atoms with van der Waals surface area (Å²) in [6, 6.07) is 0.405. The lowest BCUT2D eigenvalue weighted by molar-refractivity contribution is -0.141. The first-order chi connectivity index (χ1) is 10.5. The maximum atomic E-state index is 12.8. The van der Waals surface area contributed by atoms with Gasteiger partial charge < -0.3 is 14.5 Å². The third-order valence-corrected chi connectivity index (χ3v) is 5.11. The molecule has 2 atom stereocenters. The molecular weight excluding hydrogens is 278 g/mol. The highest BCUT2D eigenvalue weighted by Crippen LogP contribution is 2.23. The topological polar surface area (TPSA) is 36.0 Å². The molecule has 1 saturated heterocycles. The van der Waals surface area contributed by atoms with Crippen molar-refractivity contribution in [2.45, 2.75) is 57.2 Å². The fourth-order valence-corrected chi connectivity index (χ4v) is 3.71. The van der Waals surface area contributed by atoms with Crippen molar-refractivity contribution in [2.24, 2.45) is 0 Å². The second-order valence-corrected chi connectivity index (χ2v) is 7.17. The average Bonchev–Trinajstić information content (AvgIpc) is 2.53. The van der Waals surface area contributed by atoms with Crippen LogP contribution in [0.25, 0.3) is 0 Å². The van der Waals surface area contributed by atoms with Crippen molar-refractivity contribution >= 4 is 5.91 Å². The fourth-order valence-electron chi connectivity index (χ4n) is 3.71. The van der Waals surface area contributed by atoms with Gasteiger partial charge in [-0.2, -0.15) is 0 Å². The number of carbonyl (C=O) groups excluding carboxylic acids is 1. The van der Waals surface area contributed by atoms with E-state index in [2.05, 4.69) is 30.8 Å². The number of ether oxygens (including phenoxy) is 1. The predicted octanol–water partition coefficient (Wildman–Crippen LogP) is 1.43. The number of rotatable bonds is 5. The summed E-state index contributed by atoms with van der Waals surface area (Å²) in [5.74, 6) is 0.275. The number of likely N-dealkylation sites (N-methyl/N-ethyl adjacent to an activating group) is 2. The van der Waals surface area contributed by atoms with Gasteiger partial charge in [-0.15, -0.1) is 0 Å². The van der Waals surface area contributed by atoms with Gasteiger partial charge >= 0.3 is 0 Å². The normalized spacial score (nSPS) is 26.1. The van der Waals surface area contributed by atoms with Crippen LogP contribution < -0.4 is 0 Å². The zero-order chi connectivity index (χ0) is 16.1. The van der Waals surface area contributed by atoms with Crippen molar-refractivity contribution in [3.63, 3.8) is 0 Å². The van der Waals surface area contributed by atoms with Crippen LogP contribution in [0.5, 0.6) is 0 Å². The minimum atomic E-state index is -0.0412. The summed E-state index contributed by atoms with van der Waals surface area (Å²) in [5, 5.41) is 0. The zero-order valence-electron chi connectivity index (χ0n) is 14.8. The summed E-state index contributed by atoms with van der Waals surface area (Å²) in [7, 11) is 6.12. The fraction of sp³-hybridized carbons (Fsp3) is 0.941. The maximum Gasteiger partial charge on any atom is 0.239 e. The Labute approximate surface area is 135 Å². The SMILES string of the molecule is CC(C(=O)N(C)C1CCCCC1)N1CCOC(CN(C)C)C1. The summed E-state index contributed by atoms with van der Waals surface area (Å²) >= 11 is 0. The van der Waals surface area contributed by atoms with Crippen LogP contribution in [0, 0.1) is 0 Å². The van der Waals surface area contributed by atoms with E-state index in [1.165, 1.54) is 32.1 Å². The van der Waals surface area contributed by atoms with Crippen LogP contribution in [0.3, 0.4) is 0 Å². The number of nitrogens with zero attached hydrogens (tertiary/aromatic N) is 3. The highest BCUT2D eigenvalue weighted by atomic mass is 16.5. The summed E-state index contributed by atoms with van der Waals surface area (Å²) < 4.78 is 5.82. The third kappa shape index (κ3) is 4.67. The number of amides is 1. The van der Waals surface area contributed by atoms with Crippen molar-refractivity contribution < 1.29 is 9.53 Å². The average molecular weight is 311 g/mol. The third-order valence-electron chi connectivity index (χ3n) is 5.11. The Morgan fingerprint density at radius 2 is 1.91 bits per heavy atom. The van der Waals surface area contributed by atoms with Crippen molar-refractivity contribution in [1.29, 1.82) is 0 Å². The molecule has 2 unspecified atom stereocenters. The molecule has 0 bridgehead atoms. The number of carbonyl (C=O) groups is 1. The number of hydrogen-bond acceptors (Lipinski definition) is 4. The molecule has 1 heterocycles. The molecule has 5 nitrogen and oxygen atoms in total. The molecule has 0 aromatic heterocycles. The summed E-state index contributed by atoms with van der Waals surface area (Å²) in [4.78, 5) is 19.3. The highest BCUT2D eigenvalue weighted by molar-refractivity contribution is 5.81. The Balaban J connectivity index is 1.88. The van der Waals surface area contributed by atoms with Gasteiger partial charge in [0.1, 0.15) is 0 Å². The van der Waals surface area contributed by atoms with Gasteiger partial charge in [0.25, 0.3) is 0 Å². The monoisotopic (exact) mass is 311 g/mol. The van der Waals surface area contributed by atoms with Gasteiger partial charge in [-0.3, -0.25) is 9.69 Å². The molecule has 0 aromatic rings. The summed E-state index contributed by atoms with van der Waals surface area (Å²) in [6.07, 6.45) is 6.39. The minimum absolute atomic E-state index is 0.0412. The van der Waals surface area contributed by atoms with Crippen LogP contribution >= 0.6 is 0 Å². The van der Waals surface area contributed by atoms with Crippen LogP contribution in [0.1, 0.15) is 39.0 Å². The molecule has 1 aliphatic heterocycles. The lowest BCUT2D eigenvalue weighted by Crippen LogP contribution is -2.55. The quantitative estimate of drug-likeness (QED) is 0.769. The van der Waals surface area contributed by atoms with Crippen LogP contribution in [0.4, 0.5) is 0 Å². The van der Waals surface area contributed by atoms with E-state index < -0.39 is 0 Å². The molecule has 2 fully saturated rings. The molecule has 0 N–H and O–H groups in total. The molecule has 0 radical (unpaired) electrons. The minimum Gasteiger partial charge on any atom is -0.374 e. The van der Waals surface area contributed by atoms with E-state index in [1.807, 2.05) is 11.9 Å². The van der Waals surface area contributed by atoms with E-state index in [1.54, 1.807) is 0 Å². The van der Waals surface area contributed by atoms with Gasteiger partial charge in [-0.25, -0.2) is 0 Å². The lowest BCUT2D eigenvalue weighted by Gasteiger charge is -2.40. The molecule has 0 aromatic carbocycles. The van der Waals surface area contributed by atoms with Crippen molar-refractivity contribution in [2.75, 3.05) is 47.4 Å². The van der Waals surface area contributed by atoms with E-state index in [9.17, 15) is 4.79 Å². The van der Waals surface area contributed by atoms with Gasteiger partial charge in [-0.05, 0) is 33.9 Å². The molecule has 2 rings (SSSR count). The summed E-state index contributed by atoms with van der Waals surface area (Å²) in [5.41, 5.74) is 0. The van der Waals surface area contributed by atoms with E-state index in [4.69, 9.17) is 4.74 Å². The first kappa shape index (κ1) is 17.7. The maximum absolute atomic E-state index is 12.8. The van der Waals surface area contributed by atoms with E-state index in [0.717, 1.165) is 26.2 Å². The van der Waals surface area contributed by atoms with Gasteiger partial charge in [0.2, 0.25) is 5.91 Å². The van der Waals surface area contributed by atoms with Gasteiger partial charge in [0.15, 0.2) is 0 Å². The van der Waals surface area contributed by atoms with Crippen molar-refractivity contribution in [3.05, 3.63) is 0 Å². The molecule has 1 aliphatic carbocycles. The molecular formula is C17H33N3O2. The second kappa shape index (κ2) is 8.27. The van der Waals surface area contributed by atoms with E-state index in [-0.39, 0.29) is 18.1 Å². The largest absolute Gasteiger partial charge is 0.374 e. The Morgan fingerprint density at radius 3 is 2.55 bits per heavy atom. The molecule has 128 valence electrons. The van der Waals surface area contributed by atoms with Gasteiger partial charge in [0.05, 0.1) is 18.8 Å². The van der Waals surface area contributed by atoms with E-state index in [0.29, 0.717) is 6.04 Å². The Bertz CT molecular complexity index is 356. The molecule has 1 amide bonds. The molecule has 1 saturated carbocycles. The first-order valence-electron chi connectivity index (χ1n) is 8.76. The van der Waals surface area contributed by atoms with E-state index >= 15 is 0 Å². The Hall–Kier alpha value is -0.650. The number of morpholine rings is 1. The Kier molecular flexibility index (Phi) is 6.66. The van der Waals surface area contributed by atoms with Gasteiger partial charge in [0, 0.05) is 32.7 Å². The smallest absolute Gasteiger partial charge is 0.239 e. The molecule has 22 heavy (non-hydrogen) atoms. The molecule has 5 heteroatoms. The number of hydrogen-bond donors (Lipinski definition) is 0. The molecule has 2 aliphatic rings. The van der Waals surface area contributed by atoms with Crippen LogP contribution in [-0.2, 0) is 9.53 Å². The predicted molar refractivity (Wildman–Crippen MR) is 89.0 cm³/mol. The van der Waals surface area contributed by atoms with Gasteiger partial charge in [-0.1, -0.05) is 19.3 Å². The van der Waals surface area contributed by atoms with Crippen molar-refractivity contribution in [1.82, 2.24) is 14.7 Å². The zero-order valence-corrected chi connectivity index (χ0v) is 14.8. The highest BCUT2D eigenvalue weighted by Gasteiger charge is 2.32. The lowest BCUT2D eigenvalue weighted by atomic mass is 9.94. The van der Waals surface area contributed by atoms with Crippen molar-refractivity contribution in [3.8, 4) is 0 Å². The van der Waals surface area contributed by atoms with Crippen LogP contribution in [-0.4, -0.2) is 86.2 Å². The van der Waals surface area contributed by atoms with Crippen LogP contribution in [0.15, 0.2) is 0 Å². The first-order valence-corrected chi connectivity index (χ1v) is 8.76.